The number of nitrogens with one attached hydrogen (secondary N) is 3. The summed E-state index contributed by atoms with van der Waals surface area (Å²) in [5, 5.41) is 9.00. The Bertz CT molecular complexity index is 559. The van der Waals surface area contributed by atoms with Crippen molar-refractivity contribution < 1.29 is 9.59 Å². The fourth-order valence-electron chi connectivity index (χ4n) is 2.48. The minimum Gasteiger partial charge on any atom is -0.372 e. The molecule has 0 spiro atoms. The van der Waals surface area contributed by atoms with Crippen molar-refractivity contribution in [2.24, 2.45) is 0 Å². The van der Waals surface area contributed by atoms with Gasteiger partial charge in [-0.1, -0.05) is 6.92 Å². The second-order valence-corrected chi connectivity index (χ2v) is 5.62. The second-order valence-electron chi connectivity index (χ2n) is 5.62. The topological polar surface area (TPSA) is 73.5 Å². The van der Waals surface area contributed by atoms with Gasteiger partial charge in [0.2, 0.25) is 5.91 Å². The van der Waals surface area contributed by atoms with Gasteiger partial charge >= 0.3 is 0 Å². The first-order valence-corrected chi connectivity index (χ1v) is 7.68. The third-order valence-corrected chi connectivity index (χ3v) is 3.74. The van der Waals surface area contributed by atoms with Crippen molar-refractivity contribution in [3.05, 3.63) is 23.8 Å². The number of benzene rings is 1. The molecule has 0 radical (unpaired) electrons. The van der Waals surface area contributed by atoms with Crippen molar-refractivity contribution in [3.8, 4) is 0 Å². The van der Waals surface area contributed by atoms with Crippen molar-refractivity contribution in [1.29, 1.82) is 0 Å². The number of likely N-dealkylation sites (N-methyl/N-ethyl adjacent to an activating group) is 1. The largest absolute Gasteiger partial charge is 0.372 e. The molecule has 0 fully saturated rings. The molecule has 1 heterocycles. The first-order valence-electron chi connectivity index (χ1n) is 7.68. The number of nitrogens with zero attached hydrogens (tertiary/aromatic N) is 1. The molecule has 1 atom stereocenters. The van der Waals surface area contributed by atoms with Crippen LogP contribution in [-0.2, 0) is 4.79 Å². The zero-order valence-electron chi connectivity index (χ0n) is 13.4. The van der Waals surface area contributed by atoms with Crippen LogP contribution in [0, 0.1) is 0 Å². The molecule has 0 aliphatic carbocycles. The fraction of sp³-hybridized carbons (Fsp3) is 0.500. The van der Waals surface area contributed by atoms with E-state index in [0.717, 1.165) is 12.2 Å². The SMILES string of the molecule is CCN[C@H](C)CNC(=O)c1ccc2c(c1)NC(=O)CCN2C. The lowest BCUT2D eigenvalue weighted by molar-refractivity contribution is -0.115. The molecule has 1 aromatic carbocycles. The maximum atomic E-state index is 12.2. The van der Waals surface area contributed by atoms with Crippen molar-refractivity contribution in [2.45, 2.75) is 26.3 Å². The van der Waals surface area contributed by atoms with E-state index in [2.05, 4.69) is 16.0 Å². The maximum absolute atomic E-state index is 12.2. The molecule has 120 valence electrons. The first kappa shape index (κ1) is 16.3. The third kappa shape index (κ3) is 3.98. The van der Waals surface area contributed by atoms with Crippen LogP contribution in [0.5, 0.6) is 0 Å². The summed E-state index contributed by atoms with van der Waals surface area (Å²) in [5.41, 5.74) is 2.18. The number of hydrogen-bond donors (Lipinski definition) is 3. The molecule has 0 saturated heterocycles. The maximum Gasteiger partial charge on any atom is 0.251 e. The Labute approximate surface area is 131 Å². The Hall–Kier alpha value is -2.08. The third-order valence-electron chi connectivity index (χ3n) is 3.74. The van der Waals surface area contributed by atoms with E-state index in [1.165, 1.54) is 0 Å². The number of carbonyl (C=O) groups is 2. The number of anilines is 2. The van der Waals surface area contributed by atoms with Gasteiger partial charge in [-0.05, 0) is 31.7 Å². The van der Waals surface area contributed by atoms with Gasteiger partial charge in [-0.3, -0.25) is 9.59 Å². The molecule has 6 heteroatoms. The van der Waals surface area contributed by atoms with Gasteiger partial charge in [-0.15, -0.1) is 0 Å². The molecule has 3 N–H and O–H groups in total. The molecular weight excluding hydrogens is 280 g/mol. The van der Waals surface area contributed by atoms with E-state index in [4.69, 9.17) is 0 Å². The van der Waals surface area contributed by atoms with Crippen LogP contribution in [0.4, 0.5) is 11.4 Å². The van der Waals surface area contributed by atoms with Crippen molar-refractivity contribution in [1.82, 2.24) is 10.6 Å². The minimum atomic E-state index is -0.131. The second kappa shape index (κ2) is 7.26. The summed E-state index contributed by atoms with van der Waals surface area (Å²) in [6.45, 7) is 6.16. The molecule has 0 bridgehead atoms. The summed E-state index contributed by atoms with van der Waals surface area (Å²) in [6, 6.07) is 5.63. The van der Waals surface area contributed by atoms with Gasteiger partial charge < -0.3 is 20.9 Å². The lowest BCUT2D eigenvalue weighted by Crippen LogP contribution is -2.38. The molecule has 6 nitrogen and oxygen atoms in total. The number of carbonyl (C=O) groups excluding carboxylic acids is 2. The van der Waals surface area contributed by atoms with Crippen molar-refractivity contribution in [3.63, 3.8) is 0 Å². The number of hydrogen-bond acceptors (Lipinski definition) is 4. The van der Waals surface area contributed by atoms with E-state index in [1.807, 2.05) is 31.9 Å². The summed E-state index contributed by atoms with van der Waals surface area (Å²) < 4.78 is 0. The predicted molar refractivity (Wildman–Crippen MR) is 88.4 cm³/mol. The molecule has 1 aromatic rings. The van der Waals surface area contributed by atoms with Gasteiger partial charge in [0, 0.05) is 38.2 Å². The lowest BCUT2D eigenvalue weighted by atomic mass is 10.1. The molecule has 0 aromatic heterocycles. The van der Waals surface area contributed by atoms with Crippen LogP contribution in [0.2, 0.25) is 0 Å². The Morgan fingerprint density at radius 2 is 2.23 bits per heavy atom. The highest BCUT2D eigenvalue weighted by molar-refractivity contribution is 6.00. The van der Waals surface area contributed by atoms with Crippen molar-refractivity contribution in [2.75, 3.05) is 36.9 Å². The number of amides is 2. The summed E-state index contributed by atoms with van der Waals surface area (Å²) in [5.74, 6) is -0.155. The lowest BCUT2D eigenvalue weighted by Gasteiger charge is -2.19. The monoisotopic (exact) mass is 304 g/mol. The zero-order chi connectivity index (χ0) is 16.1. The summed E-state index contributed by atoms with van der Waals surface area (Å²) in [4.78, 5) is 26.0. The highest BCUT2D eigenvalue weighted by atomic mass is 16.2. The highest BCUT2D eigenvalue weighted by Crippen LogP contribution is 2.28. The van der Waals surface area contributed by atoms with Crippen LogP contribution in [0.15, 0.2) is 18.2 Å². The van der Waals surface area contributed by atoms with Crippen LogP contribution in [0.1, 0.15) is 30.6 Å². The van der Waals surface area contributed by atoms with E-state index in [9.17, 15) is 9.59 Å². The molecule has 22 heavy (non-hydrogen) atoms. The van der Waals surface area contributed by atoms with Gasteiger partial charge in [-0.2, -0.15) is 0 Å². The standard InChI is InChI=1S/C16H24N4O2/c1-4-17-11(2)10-18-16(22)12-5-6-14-13(9-12)19-15(21)7-8-20(14)3/h5-6,9,11,17H,4,7-8,10H2,1-3H3,(H,18,22)(H,19,21)/t11-/m1/s1. The van der Waals surface area contributed by atoms with Crippen LogP contribution >= 0.6 is 0 Å². The quantitative estimate of drug-likeness (QED) is 0.764. The molecule has 1 aliphatic rings. The smallest absolute Gasteiger partial charge is 0.251 e. The van der Waals surface area contributed by atoms with Crippen LogP contribution < -0.4 is 20.9 Å². The Balaban J connectivity index is 2.09. The Morgan fingerprint density at radius 3 is 2.95 bits per heavy atom. The fourth-order valence-corrected chi connectivity index (χ4v) is 2.48. The number of fused-ring (bicyclic) bond motifs is 1. The van der Waals surface area contributed by atoms with Crippen LogP contribution in [0.3, 0.4) is 0 Å². The van der Waals surface area contributed by atoms with Crippen LogP contribution in [0.25, 0.3) is 0 Å². The molecule has 0 saturated carbocycles. The average Bonchev–Trinajstić information content (AvgIpc) is 2.63. The number of rotatable bonds is 5. The summed E-state index contributed by atoms with van der Waals surface area (Å²) >= 11 is 0. The van der Waals surface area contributed by atoms with E-state index in [-0.39, 0.29) is 17.9 Å². The van der Waals surface area contributed by atoms with E-state index in [1.54, 1.807) is 12.1 Å². The molecule has 2 rings (SSSR count). The molecular formula is C16H24N4O2. The van der Waals surface area contributed by atoms with E-state index < -0.39 is 0 Å². The minimum absolute atomic E-state index is 0.0241. The van der Waals surface area contributed by atoms with Gasteiger partial charge in [0.1, 0.15) is 0 Å². The van der Waals surface area contributed by atoms with E-state index >= 15 is 0 Å². The van der Waals surface area contributed by atoms with E-state index in [0.29, 0.717) is 30.8 Å². The molecule has 1 aliphatic heterocycles. The summed E-state index contributed by atoms with van der Waals surface area (Å²) in [7, 11) is 1.94. The highest BCUT2D eigenvalue weighted by Gasteiger charge is 2.18. The normalized spacial score (nSPS) is 15.6. The average molecular weight is 304 g/mol. The molecule has 2 amide bonds. The predicted octanol–water partition coefficient (Wildman–Crippen LogP) is 1.19. The first-order chi connectivity index (χ1) is 10.5. The van der Waals surface area contributed by atoms with Crippen LogP contribution in [-0.4, -0.2) is 44.5 Å². The van der Waals surface area contributed by atoms with Crippen molar-refractivity contribution >= 4 is 23.2 Å². The van der Waals surface area contributed by atoms with Gasteiger partial charge in [0.25, 0.3) is 5.91 Å². The molecule has 0 unspecified atom stereocenters. The Kier molecular flexibility index (Phi) is 5.38. The zero-order valence-corrected chi connectivity index (χ0v) is 13.4. The Morgan fingerprint density at radius 1 is 1.45 bits per heavy atom. The van der Waals surface area contributed by atoms with Gasteiger partial charge in [0.05, 0.1) is 11.4 Å². The summed E-state index contributed by atoms with van der Waals surface area (Å²) in [6.07, 6.45) is 0.451. The van der Waals surface area contributed by atoms with Gasteiger partial charge in [-0.25, -0.2) is 0 Å². The van der Waals surface area contributed by atoms with Gasteiger partial charge in [0.15, 0.2) is 0 Å².